The van der Waals surface area contributed by atoms with Crippen LogP contribution in [0.1, 0.15) is 43.9 Å². The van der Waals surface area contributed by atoms with Crippen molar-refractivity contribution in [2.24, 2.45) is 0 Å². The van der Waals surface area contributed by atoms with Crippen molar-refractivity contribution in [2.45, 2.75) is 32.7 Å². The van der Waals surface area contributed by atoms with Gasteiger partial charge >= 0.3 is 5.91 Å². The number of aromatic nitrogens is 1. The van der Waals surface area contributed by atoms with Crippen LogP contribution in [0.25, 0.3) is 16.0 Å². The van der Waals surface area contributed by atoms with E-state index in [-0.39, 0.29) is 11.3 Å². The number of nitrogens with zero attached hydrogens (tertiary/aromatic N) is 2. The Balaban J connectivity index is 1.51. The lowest BCUT2D eigenvalue weighted by molar-refractivity contribution is -0.132. The molecule has 1 fully saturated rings. The van der Waals surface area contributed by atoms with Gasteiger partial charge in [0.15, 0.2) is 28.1 Å². The molecular formula is C32H29ClN2O7S. The van der Waals surface area contributed by atoms with E-state index >= 15 is 0 Å². The van der Waals surface area contributed by atoms with Gasteiger partial charge in [-0.2, -0.15) is 0 Å². The van der Waals surface area contributed by atoms with E-state index in [1.54, 1.807) is 54.6 Å². The van der Waals surface area contributed by atoms with Gasteiger partial charge in [-0.25, -0.2) is 4.98 Å². The molecule has 2 aliphatic rings. The largest absolute Gasteiger partial charge is 0.507 e. The first-order valence-corrected chi connectivity index (χ1v) is 15.3. The Labute approximate surface area is 257 Å². The Kier molecular flexibility index (Phi) is 8.14. The number of unbranched alkanes of at least 4 members (excludes halogenated alkanes) is 1. The summed E-state index contributed by atoms with van der Waals surface area (Å²) in [4.78, 5) is 33.5. The quantitative estimate of drug-likeness (QED) is 0.0929. The SMILES string of the molecule is CCCCOc1ccc(C2/C(=C(\O)c3ccc4c(c3)OCCO4)C(=O)C(=O)N2c2nc3ccc(Cl)cc3s2)cc1OCC. The van der Waals surface area contributed by atoms with Gasteiger partial charge in [0.05, 0.1) is 35.0 Å². The van der Waals surface area contributed by atoms with E-state index < -0.39 is 17.7 Å². The van der Waals surface area contributed by atoms with E-state index in [2.05, 4.69) is 11.9 Å². The number of halogens is 1. The van der Waals surface area contributed by atoms with E-state index in [4.69, 9.17) is 30.5 Å². The van der Waals surface area contributed by atoms with Gasteiger partial charge in [-0.05, 0) is 67.4 Å². The number of aliphatic hydroxyl groups is 1. The van der Waals surface area contributed by atoms with Crippen molar-refractivity contribution in [1.29, 1.82) is 0 Å². The van der Waals surface area contributed by atoms with Gasteiger partial charge in [0.1, 0.15) is 19.0 Å². The molecule has 0 bridgehead atoms. The number of hydrogen-bond donors (Lipinski definition) is 1. The van der Waals surface area contributed by atoms with Gasteiger partial charge in [0.2, 0.25) is 0 Å². The summed E-state index contributed by atoms with van der Waals surface area (Å²) in [5.74, 6) is 0.0125. The topological polar surface area (TPSA) is 107 Å². The normalized spacial score (nSPS) is 17.5. The smallest absolute Gasteiger partial charge is 0.301 e. The Hall–Kier alpha value is -4.28. The van der Waals surface area contributed by atoms with E-state index in [0.29, 0.717) is 76.2 Å². The Bertz CT molecular complexity index is 1750. The second kappa shape index (κ2) is 12.1. The van der Waals surface area contributed by atoms with E-state index in [1.807, 2.05) is 6.92 Å². The zero-order chi connectivity index (χ0) is 30.1. The number of fused-ring (bicyclic) bond motifs is 2. The summed E-state index contributed by atoms with van der Waals surface area (Å²) in [5.41, 5.74) is 1.40. The minimum absolute atomic E-state index is 0.0823. The van der Waals surface area contributed by atoms with Crippen molar-refractivity contribution in [1.82, 2.24) is 4.98 Å². The summed E-state index contributed by atoms with van der Waals surface area (Å²) in [5, 5.41) is 12.5. The van der Waals surface area contributed by atoms with Crippen molar-refractivity contribution in [3.05, 3.63) is 76.3 Å². The summed E-state index contributed by atoms with van der Waals surface area (Å²) in [7, 11) is 0. The van der Waals surface area contributed by atoms with Gasteiger partial charge in [0, 0.05) is 10.6 Å². The van der Waals surface area contributed by atoms with Crippen LogP contribution in [0.15, 0.2) is 60.2 Å². The molecule has 3 heterocycles. The highest BCUT2D eigenvalue weighted by Gasteiger charge is 2.48. The highest BCUT2D eigenvalue weighted by Crippen LogP contribution is 2.46. The lowest BCUT2D eigenvalue weighted by Crippen LogP contribution is -2.29. The number of hydrogen-bond acceptors (Lipinski definition) is 9. The van der Waals surface area contributed by atoms with Gasteiger partial charge in [0.25, 0.3) is 5.78 Å². The molecule has 3 aromatic carbocycles. The molecule has 9 nitrogen and oxygen atoms in total. The first kappa shape index (κ1) is 28.8. The third-order valence-corrected chi connectivity index (χ3v) is 8.40. The molecule has 0 saturated carbocycles. The average Bonchev–Trinajstić information content (AvgIpc) is 3.54. The third kappa shape index (κ3) is 5.48. The number of aliphatic hydroxyl groups excluding tert-OH is 1. The molecule has 222 valence electrons. The molecule has 1 unspecified atom stereocenters. The minimum atomic E-state index is -1.01. The van der Waals surface area contributed by atoms with Crippen molar-refractivity contribution in [3.8, 4) is 23.0 Å². The van der Waals surface area contributed by atoms with Crippen molar-refractivity contribution < 1.29 is 33.6 Å². The van der Waals surface area contributed by atoms with Gasteiger partial charge in [-0.3, -0.25) is 14.5 Å². The summed E-state index contributed by atoms with van der Waals surface area (Å²) in [6, 6.07) is 14.4. The Morgan fingerprint density at radius 3 is 2.63 bits per heavy atom. The zero-order valence-electron chi connectivity index (χ0n) is 23.6. The molecule has 1 aromatic heterocycles. The number of benzene rings is 3. The number of anilines is 1. The predicted molar refractivity (Wildman–Crippen MR) is 165 cm³/mol. The third-order valence-electron chi connectivity index (χ3n) is 7.14. The predicted octanol–water partition coefficient (Wildman–Crippen LogP) is 6.92. The number of Topliss-reactive ketones (excluding diaryl/α,β-unsaturated/α-hetero) is 1. The van der Waals surface area contributed by atoms with Crippen molar-refractivity contribution >= 4 is 55.7 Å². The molecule has 43 heavy (non-hydrogen) atoms. The maximum atomic E-state index is 13.7. The number of ketones is 1. The Morgan fingerprint density at radius 1 is 1.02 bits per heavy atom. The second-order valence-electron chi connectivity index (χ2n) is 9.98. The number of rotatable bonds is 9. The van der Waals surface area contributed by atoms with Gasteiger partial charge in [-0.1, -0.05) is 42.3 Å². The number of ether oxygens (including phenoxy) is 4. The van der Waals surface area contributed by atoms with E-state index in [1.165, 1.54) is 16.2 Å². The molecule has 0 spiro atoms. The molecule has 1 saturated heterocycles. The molecule has 1 N–H and O–H groups in total. The van der Waals surface area contributed by atoms with Crippen LogP contribution in [0.2, 0.25) is 5.02 Å². The summed E-state index contributed by atoms with van der Waals surface area (Å²) < 4.78 is 23.9. The van der Waals surface area contributed by atoms with Crippen LogP contribution >= 0.6 is 22.9 Å². The maximum absolute atomic E-state index is 13.7. The minimum Gasteiger partial charge on any atom is -0.507 e. The molecule has 6 rings (SSSR count). The van der Waals surface area contributed by atoms with Gasteiger partial charge < -0.3 is 24.1 Å². The first-order valence-electron chi connectivity index (χ1n) is 14.1. The monoisotopic (exact) mass is 620 g/mol. The molecular weight excluding hydrogens is 592 g/mol. The van der Waals surface area contributed by atoms with Crippen LogP contribution in [0.5, 0.6) is 23.0 Å². The van der Waals surface area contributed by atoms with Crippen molar-refractivity contribution in [3.63, 3.8) is 0 Å². The summed E-state index contributed by atoms with van der Waals surface area (Å²) in [6.45, 7) is 5.61. The van der Waals surface area contributed by atoms with Crippen LogP contribution in [-0.2, 0) is 9.59 Å². The lowest BCUT2D eigenvalue weighted by atomic mass is 9.95. The first-order chi connectivity index (χ1) is 20.9. The second-order valence-corrected chi connectivity index (χ2v) is 11.4. The summed E-state index contributed by atoms with van der Waals surface area (Å²) in [6.07, 6.45) is 1.86. The molecule has 0 radical (unpaired) electrons. The summed E-state index contributed by atoms with van der Waals surface area (Å²) >= 11 is 7.45. The van der Waals surface area contributed by atoms with Gasteiger partial charge in [-0.15, -0.1) is 0 Å². The average molecular weight is 621 g/mol. The lowest BCUT2D eigenvalue weighted by Gasteiger charge is -2.24. The molecule has 1 atom stereocenters. The standard InChI is InChI=1S/C32H29ClN2O7S/c1-3-5-12-40-22-10-6-18(15-24(22)39-4-2)28-27(29(36)19-7-11-23-25(16-19)42-14-13-41-23)30(37)31(38)35(28)32-34-21-9-8-20(33)17-26(21)43-32/h6-11,15-17,28,36H,3-5,12-14H2,1-2H3/b29-27+. The molecule has 2 aliphatic heterocycles. The van der Waals surface area contributed by atoms with Crippen LogP contribution < -0.4 is 23.8 Å². The highest BCUT2D eigenvalue weighted by atomic mass is 35.5. The fraction of sp³-hybridized carbons (Fsp3) is 0.281. The number of amides is 1. The molecule has 0 aliphatic carbocycles. The molecule has 11 heteroatoms. The molecule has 1 amide bonds. The zero-order valence-corrected chi connectivity index (χ0v) is 25.2. The van der Waals surface area contributed by atoms with Crippen molar-refractivity contribution in [2.75, 3.05) is 31.3 Å². The number of carbonyl (C=O) groups excluding carboxylic acids is 2. The number of thiazole rings is 1. The fourth-order valence-corrected chi connectivity index (χ4v) is 6.36. The van der Waals surface area contributed by atoms with E-state index in [0.717, 1.165) is 17.5 Å². The highest BCUT2D eigenvalue weighted by molar-refractivity contribution is 7.22. The fourth-order valence-electron chi connectivity index (χ4n) is 5.09. The van der Waals surface area contributed by atoms with Crippen LogP contribution in [0.3, 0.4) is 0 Å². The maximum Gasteiger partial charge on any atom is 0.301 e. The van der Waals surface area contributed by atoms with E-state index in [9.17, 15) is 14.7 Å². The van der Waals surface area contributed by atoms with Crippen LogP contribution in [-0.4, -0.2) is 48.2 Å². The van der Waals surface area contributed by atoms with Crippen LogP contribution in [0, 0.1) is 0 Å². The van der Waals surface area contributed by atoms with Crippen LogP contribution in [0.4, 0.5) is 5.13 Å². The number of carbonyl (C=O) groups is 2. The Morgan fingerprint density at radius 2 is 1.84 bits per heavy atom. The molecule has 4 aromatic rings.